The fourth-order valence-corrected chi connectivity index (χ4v) is 3.65. The molecule has 1 aromatic carbocycles. The van der Waals surface area contributed by atoms with E-state index >= 15 is 0 Å². The van der Waals surface area contributed by atoms with Crippen LogP contribution in [0.1, 0.15) is 5.56 Å². The minimum atomic E-state index is -4.61. The summed E-state index contributed by atoms with van der Waals surface area (Å²) in [6.07, 6.45) is -1.43. The van der Waals surface area contributed by atoms with Gasteiger partial charge in [-0.15, -0.1) is 5.10 Å². The van der Waals surface area contributed by atoms with Crippen LogP contribution in [-0.2, 0) is 18.0 Å². The van der Waals surface area contributed by atoms with Crippen LogP contribution in [0.3, 0.4) is 0 Å². The van der Waals surface area contributed by atoms with Gasteiger partial charge in [0.15, 0.2) is 11.5 Å². The van der Waals surface area contributed by atoms with Crippen LogP contribution >= 0.6 is 0 Å². The number of benzene rings is 1. The van der Waals surface area contributed by atoms with Crippen molar-refractivity contribution in [2.75, 3.05) is 25.0 Å². The van der Waals surface area contributed by atoms with Crippen molar-refractivity contribution in [2.24, 2.45) is 7.05 Å². The highest BCUT2D eigenvalue weighted by Crippen LogP contribution is 2.37. The highest BCUT2D eigenvalue weighted by atomic mass is 19.4. The Morgan fingerprint density at radius 2 is 2.06 bits per heavy atom. The summed E-state index contributed by atoms with van der Waals surface area (Å²) in [5.41, 5.74) is -0.264. The van der Waals surface area contributed by atoms with Crippen LogP contribution in [0.25, 0.3) is 27.9 Å². The van der Waals surface area contributed by atoms with E-state index in [9.17, 15) is 18.0 Å². The number of hydrogen-bond acceptors (Lipinski definition) is 7. The molecule has 5 rings (SSSR count). The topological polar surface area (TPSA) is 114 Å². The first-order valence-electron chi connectivity index (χ1n) is 9.82. The van der Waals surface area contributed by atoms with Crippen molar-refractivity contribution in [1.29, 1.82) is 0 Å². The normalized spacial score (nSPS) is 17.5. The predicted octanol–water partition coefficient (Wildman–Crippen LogP) is 1.20. The molecular weight excluding hydrogens is 427 g/mol. The lowest BCUT2D eigenvalue weighted by Crippen LogP contribution is -2.42. The number of alkyl halides is 3. The Balaban J connectivity index is 1.74. The smallest absolute Gasteiger partial charge is 0.353 e. The number of carbonyl (C=O) groups excluding carboxylic acids is 1. The van der Waals surface area contributed by atoms with Crippen molar-refractivity contribution in [1.82, 2.24) is 40.0 Å². The van der Waals surface area contributed by atoms with E-state index in [1.807, 2.05) is 0 Å². The average Bonchev–Trinajstić information content (AvgIpc) is 3.32. The molecule has 1 atom stereocenters. The molecule has 1 saturated heterocycles. The number of aryl methyl sites for hydroxylation is 1. The van der Waals surface area contributed by atoms with Gasteiger partial charge in [-0.25, -0.2) is 9.97 Å². The summed E-state index contributed by atoms with van der Waals surface area (Å²) in [5, 5.41) is 17.2. The van der Waals surface area contributed by atoms with Crippen LogP contribution in [0.15, 0.2) is 30.6 Å². The molecule has 1 fully saturated rings. The van der Waals surface area contributed by atoms with Gasteiger partial charge in [0.25, 0.3) is 0 Å². The Morgan fingerprint density at radius 1 is 1.22 bits per heavy atom. The van der Waals surface area contributed by atoms with Gasteiger partial charge in [-0.1, -0.05) is 6.07 Å². The van der Waals surface area contributed by atoms with Gasteiger partial charge in [-0.2, -0.15) is 22.8 Å². The molecule has 3 N–H and O–H groups in total. The minimum Gasteiger partial charge on any atom is -0.353 e. The molecule has 1 amide bonds. The third-order valence-corrected chi connectivity index (χ3v) is 5.14. The van der Waals surface area contributed by atoms with Crippen LogP contribution in [0.2, 0.25) is 0 Å². The quantitative estimate of drug-likeness (QED) is 0.434. The van der Waals surface area contributed by atoms with E-state index in [2.05, 4.69) is 36.1 Å². The number of aromatic nitrogens is 6. The summed E-state index contributed by atoms with van der Waals surface area (Å²) in [7, 11) is 1.71. The molecule has 10 nitrogen and oxygen atoms in total. The second kappa shape index (κ2) is 7.44. The van der Waals surface area contributed by atoms with Crippen LogP contribution < -0.4 is 16.0 Å². The molecule has 0 radical (unpaired) electrons. The van der Waals surface area contributed by atoms with E-state index in [-0.39, 0.29) is 34.2 Å². The number of rotatable bonds is 3. The van der Waals surface area contributed by atoms with Crippen molar-refractivity contribution < 1.29 is 18.0 Å². The van der Waals surface area contributed by atoms with E-state index in [0.29, 0.717) is 25.2 Å². The number of amides is 1. The average molecular weight is 445 g/mol. The minimum absolute atomic E-state index is 0.0220. The van der Waals surface area contributed by atoms with Crippen LogP contribution in [0.4, 0.5) is 19.1 Å². The zero-order chi connectivity index (χ0) is 22.5. The van der Waals surface area contributed by atoms with Crippen LogP contribution in [0.5, 0.6) is 0 Å². The molecule has 0 spiro atoms. The van der Waals surface area contributed by atoms with E-state index in [0.717, 1.165) is 6.07 Å². The maximum absolute atomic E-state index is 13.8. The zero-order valence-electron chi connectivity index (χ0n) is 16.8. The zero-order valence-corrected chi connectivity index (χ0v) is 16.8. The van der Waals surface area contributed by atoms with Crippen molar-refractivity contribution in [3.63, 3.8) is 0 Å². The third kappa shape index (κ3) is 3.49. The number of carbonyl (C=O) groups is 1. The van der Waals surface area contributed by atoms with Crippen LogP contribution in [0, 0.1) is 0 Å². The first kappa shape index (κ1) is 20.2. The Labute approximate surface area is 178 Å². The highest BCUT2D eigenvalue weighted by Gasteiger charge is 2.35. The number of nitrogens with one attached hydrogen (secondary N) is 3. The first-order valence-corrected chi connectivity index (χ1v) is 9.82. The SMILES string of the molecule is Cn1cc(-c2nc3c4c(C(F)(F)F)cccc4nc(N[C@@H]4CNCCNC4=O)n3n2)cn1. The largest absolute Gasteiger partial charge is 0.417 e. The fraction of sp³-hybridized carbons (Fsp3) is 0.316. The van der Waals surface area contributed by atoms with E-state index in [1.54, 1.807) is 17.9 Å². The molecule has 0 unspecified atom stereocenters. The maximum Gasteiger partial charge on any atom is 0.417 e. The molecule has 1 aliphatic heterocycles. The van der Waals surface area contributed by atoms with Gasteiger partial charge in [-0.05, 0) is 12.1 Å². The summed E-state index contributed by atoms with van der Waals surface area (Å²) in [6, 6.07) is 3.05. The van der Waals surface area contributed by atoms with Crippen molar-refractivity contribution >= 4 is 28.4 Å². The molecule has 4 aromatic rings. The number of fused-ring (bicyclic) bond motifs is 3. The molecule has 1 aliphatic rings. The second-order valence-electron chi connectivity index (χ2n) is 7.40. The van der Waals surface area contributed by atoms with Gasteiger partial charge >= 0.3 is 6.18 Å². The standard InChI is InChI=1S/C19H18F3N9O/c1-30-9-10(7-25-30)15-28-16-14-11(19(20,21)22)3-2-4-12(14)26-18(31(16)29-15)27-13-8-23-5-6-24-17(13)32/h2-4,7,9,13,23H,5-6,8H2,1H3,(H,24,32)(H,26,27)/t13-/m1/s1. The predicted molar refractivity (Wildman–Crippen MR) is 109 cm³/mol. The number of halogens is 3. The summed E-state index contributed by atoms with van der Waals surface area (Å²) >= 11 is 0. The Morgan fingerprint density at radius 3 is 2.81 bits per heavy atom. The van der Waals surface area contributed by atoms with Gasteiger partial charge in [0.2, 0.25) is 11.9 Å². The number of anilines is 1. The lowest BCUT2D eigenvalue weighted by Gasteiger charge is -2.17. The highest BCUT2D eigenvalue weighted by molar-refractivity contribution is 5.96. The Bertz CT molecular complexity index is 1330. The molecular formula is C19H18F3N9O. The molecule has 3 aromatic heterocycles. The van der Waals surface area contributed by atoms with E-state index < -0.39 is 17.8 Å². The third-order valence-electron chi connectivity index (χ3n) is 5.14. The van der Waals surface area contributed by atoms with Gasteiger partial charge in [-0.3, -0.25) is 9.48 Å². The molecule has 32 heavy (non-hydrogen) atoms. The molecule has 13 heteroatoms. The van der Waals surface area contributed by atoms with E-state index in [4.69, 9.17) is 0 Å². The lowest BCUT2D eigenvalue weighted by atomic mass is 10.1. The maximum atomic E-state index is 13.8. The molecule has 166 valence electrons. The molecule has 0 aliphatic carbocycles. The number of hydrogen-bond donors (Lipinski definition) is 3. The molecule has 0 bridgehead atoms. The summed E-state index contributed by atoms with van der Waals surface area (Å²) < 4.78 is 44.1. The van der Waals surface area contributed by atoms with Gasteiger partial charge < -0.3 is 16.0 Å². The summed E-state index contributed by atoms with van der Waals surface area (Å²) in [4.78, 5) is 21.1. The van der Waals surface area contributed by atoms with Gasteiger partial charge in [0, 0.05) is 32.9 Å². The molecule has 0 saturated carbocycles. The monoisotopic (exact) mass is 445 g/mol. The Hall–Kier alpha value is -3.74. The lowest BCUT2D eigenvalue weighted by molar-refractivity contribution is -0.136. The first-order chi connectivity index (χ1) is 15.3. The summed E-state index contributed by atoms with van der Waals surface area (Å²) in [6.45, 7) is 1.40. The van der Waals surface area contributed by atoms with Crippen molar-refractivity contribution in [3.8, 4) is 11.4 Å². The van der Waals surface area contributed by atoms with Gasteiger partial charge in [0.1, 0.15) is 6.04 Å². The second-order valence-corrected chi connectivity index (χ2v) is 7.40. The van der Waals surface area contributed by atoms with Crippen molar-refractivity contribution in [3.05, 3.63) is 36.2 Å². The summed E-state index contributed by atoms with van der Waals surface area (Å²) in [5.74, 6) is 0.0517. The number of nitrogens with zero attached hydrogens (tertiary/aromatic N) is 6. The molecule has 4 heterocycles. The van der Waals surface area contributed by atoms with Gasteiger partial charge in [0.05, 0.1) is 28.2 Å². The fourth-order valence-electron chi connectivity index (χ4n) is 3.65. The van der Waals surface area contributed by atoms with Crippen molar-refractivity contribution in [2.45, 2.75) is 12.2 Å². The Kier molecular flexibility index (Phi) is 4.69. The van der Waals surface area contributed by atoms with E-state index in [1.165, 1.54) is 22.8 Å². The van der Waals surface area contributed by atoms with Crippen LogP contribution in [-0.4, -0.2) is 60.9 Å².